The predicted molar refractivity (Wildman–Crippen MR) is 133 cm³/mol. The van der Waals surface area contributed by atoms with E-state index in [-0.39, 0.29) is 24.5 Å². The molecule has 0 aliphatic heterocycles. The van der Waals surface area contributed by atoms with E-state index in [1.165, 1.54) is 0 Å². The van der Waals surface area contributed by atoms with Gasteiger partial charge in [-0.1, -0.05) is 30.3 Å². The van der Waals surface area contributed by atoms with Crippen molar-refractivity contribution in [3.63, 3.8) is 0 Å². The lowest BCUT2D eigenvalue weighted by Crippen LogP contribution is -2.45. The van der Waals surface area contributed by atoms with Gasteiger partial charge in [-0.15, -0.1) is 11.8 Å². The molecule has 1 saturated carbocycles. The first-order valence-electron chi connectivity index (χ1n) is 11.2. The van der Waals surface area contributed by atoms with Gasteiger partial charge in [0.25, 0.3) is 0 Å². The van der Waals surface area contributed by atoms with E-state index in [4.69, 9.17) is 0 Å². The van der Waals surface area contributed by atoms with E-state index in [9.17, 15) is 9.59 Å². The lowest BCUT2D eigenvalue weighted by atomic mass is 10.2. The van der Waals surface area contributed by atoms with Crippen LogP contribution in [0.15, 0.2) is 77.8 Å². The average Bonchev–Trinajstić information content (AvgIpc) is 3.59. The first kappa shape index (κ1) is 23.0. The topological polar surface area (TPSA) is 57.6 Å². The number of nitrogens with zero attached hydrogens (tertiary/aromatic N) is 3. The molecule has 3 amide bonds. The highest BCUT2D eigenvalue weighted by molar-refractivity contribution is 7.98. The maximum Gasteiger partial charge on any atom is 0.322 e. The molecular weight excluding hydrogens is 432 g/mol. The molecule has 1 aliphatic rings. The molecule has 1 fully saturated rings. The summed E-state index contributed by atoms with van der Waals surface area (Å²) < 4.78 is 2.02. The number of aromatic nitrogens is 1. The molecule has 3 aromatic rings. The molecule has 0 spiro atoms. The molecule has 172 valence electrons. The van der Waals surface area contributed by atoms with Crippen molar-refractivity contribution in [1.29, 1.82) is 0 Å². The smallest absolute Gasteiger partial charge is 0.322 e. The zero-order chi connectivity index (χ0) is 23.2. The Balaban J connectivity index is 1.47. The molecule has 1 heterocycles. The summed E-state index contributed by atoms with van der Waals surface area (Å²) in [6.45, 7) is 1.06. The summed E-state index contributed by atoms with van der Waals surface area (Å²) in [6, 6.07) is 21.6. The molecule has 6 nitrogen and oxygen atoms in total. The summed E-state index contributed by atoms with van der Waals surface area (Å²) in [6.07, 6.45) is 5.86. The van der Waals surface area contributed by atoms with Crippen LogP contribution in [0.1, 0.15) is 24.1 Å². The Kier molecular flexibility index (Phi) is 7.40. The monoisotopic (exact) mass is 462 g/mol. The van der Waals surface area contributed by atoms with Crippen molar-refractivity contribution in [1.82, 2.24) is 14.4 Å². The van der Waals surface area contributed by atoms with Crippen molar-refractivity contribution < 1.29 is 9.59 Å². The zero-order valence-electron chi connectivity index (χ0n) is 19.1. The fourth-order valence-corrected chi connectivity index (χ4v) is 4.17. The Morgan fingerprint density at radius 2 is 1.73 bits per heavy atom. The van der Waals surface area contributed by atoms with Crippen molar-refractivity contribution in [2.24, 2.45) is 7.05 Å². The minimum Gasteiger partial charge on any atom is -0.353 e. The van der Waals surface area contributed by atoms with Crippen LogP contribution < -0.4 is 5.32 Å². The van der Waals surface area contributed by atoms with Crippen LogP contribution in [0.3, 0.4) is 0 Å². The predicted octanol–water partition coefficient (Wildman–Crippen LogP) is 4.97. The number of hydrogen-bond acceptors (Lipinski definition) is 3. The second-order valence-electron chi connectivity index (χ2n) is 8.36. The molecule has 0 radical (unpaired) electrons. The highest BCUT2D eigenvalue weighted by Crippen LogP contribution is 2.28. The number of carbonyl (C=O) groups excluding carboxylic acids is 2. The van der Waals surface area contributed by atoms with E-state index in [1.807, 2.05) is 95.7 Å². The Morgan fingerprint density at radius 3 is 2.33 bits per heavy atom. The van der Waals surface area contributed by atoms with Crippen LogP contribution in [0.25, 0.3) is 0 Å². The molecule has 1 aliphatic carbocycles. The van der Waals surface area contributed by atoms with Gasteiger partial charge in [0.05, 0.1) is 6.54 Å². The highest BCUT2D eigenvalue weighted by Gasteiger charge is 2.35. The number of benzene rings is 2. The minimum absolute atomic E-state index is 0.0557. The van der Waals surface area contributed by atoms with Gasteiger partial charge in [0.2, 0.25) is 5.91 Å². The third kappa shape index (κ3) is 6.20. The van der Waals surface area contributed by atoms with Gasteiger partial charge in [0.1, 0.15) is 6.54 Å². The number of urea groups is 1. The second kappa shape index (κ2) is 10.6. The van der Waals surface area contributed by atoms with Crippen LogP contribution in [0, 0.1) is 0 Å². The summed E-state index contributed by atoms with van der Waals surface area (Å²) in [5, 5.41) is 2.97. The minimum atomic E-state index is -0.221. The molecular formula is C26H30N4O2S. The molecule has 1 N–H and O–H groups in total. The number of rotatable bonds is 9. The van der Waals surface area contributed by atoms with Crippen molar-refractivity contribution >= 4 is 29.4 Å². The van der Waals surface area contributed by atoms with Crippen LogP contribution in [0.4, 0.5) is 10.5 Å². The van der Waals surface area contributed by atoms with Gasteiger partial charge in [-0.25, -0.2) is 4.79 Å². The van der Waals surface area contributed by atoms with Crippen molar-refractivity contribution in [3.05, 3.63) is 84.2 Å². The summed E-state index contributed by atoms with van der Waals surface area (Å²) >= 11 is 1.66. The number of anilines is 1. The molecule has 0 bridgehead atoms. The first-order valence-corrected chi connectivity index (χ1v) is 12.4. The second-order valence-corrected chi connectivity index (χ2v) is 9.24. The van der Waals surface area contributed by atoms with E-state index < -0.39 is 0 Å². The number of aryl methyl sites for hydroxylation is 1. The number of hydrogen-bond donors (Lipinski definition) is 1. The van der Waals surface area contributed by atoms with Gasteiger partial charge >= 0.3 is 6.03 Å². The molecule has 0 atom stereocenters. The molecule has 33 heavy (non-hydrogen) atoms. The molecule has 1 aromatic heterocycles. The lowest BCUT2D eigenvalue weighted by Gasteiger charge is -2.28. The SMILES string of the molecule is CSc1ccc(NC(=O)N(CC(=O)N(Cc2ccccc2)Cc2cccn2C)C2CC2)cc1. The average molecular weight is 463 g/mol. The van der Waals surface area contributed by atoms with E-state index in [1.54, 1.807) is 16.7 Å². The molecule has 7 heteroatoms. The van der Waals surface area contributed by atoms with Crippen LogP contribution in [-0.2, 0) is 24.9 Å². The van der Waals surface area contributed by atoms with E-state index in [0.29, 0.717) is 13.1 Å². The van der Waals surface area contributed by atoms with Crippen LogP contribution in [0.5, 0.6) is 0 Å². The van der Waals surface area contributed by atoms with E-state index in [2.05, 4.69) is 5.32 Å². The Morgan fingerprint density at radius 1 is 1.00 bits per heavy atom. The van der Waals surface area contributed by atoms with Gasteiger partial charge in [-0.2, -0.15) is 0 Å². The Hall–Kier alpha value is -3.19. The maximum absolute atomic E-state index is 13.5. The molecule has 0 unspecified atom stereocenters. The molecule has 2 aromatic carbocycles. The van der Waals surface area contributed by atoms with Crippen LogP contribution >= 0.6 is 11.8 Å². The van der Waals surface area contributed by atoms with Gasteiger partial charge < -0.3 is 19.7 Å². The number of carbonyl (C=O) groups is 2. The summed E-state index contributed by atoms with van der Waals surface area (Å²) in [5.74, 6) is -0.0557. The summed E-state index contributed by atoms with van der Waals surface area (Å²) in [4.78, 5) is 31.2. The normalized spacial score (nSPS) is 12.9. The van der Waals surface area contributed by atoms with Gasteiger partial charge in [0.15, 0.2) is 0 Å². The standard InChI is InChI=1S/C26H30N4O2S/c1-28-16-6-9-23(28)18-29(17-20-7-4-3-5-8-20)25(31)19-30(22-12-13-22)26(32)27-21-10-14-24(33-2)15-11-21/h3-11,14-16,22H,12-13,17-19H2,1-2H3,(H,27,32). The van der Waals surface area contributed by atoms with E-state index >= 15 is 0 Å². The van der Waals surface area contributed by atoms with Crippen LogP contribution in [-0.4, -0.2) is 45.1 Å². The van der Waals surface area contributed by atoms with Crippen molar-refractivity contribution in [3.8, 4) is 0 Å². The number of thioether (sulfide) groups is 1. The van der Waals surface area contributed by atoms with Gasteiger partial charge in [-0.3, -0.25) is 4.79 Å². The summed E-state index contributed by atoms with van der Waals surface area (Å²) in [7, 11) is 1.98. The third-order valence-electron chi connectivity index (χ3n) is 5.87. The molecule has 4 rings (SSSR count). The third-order valence-corrected chi connectivity index (χ3v) is 6.61. The molecule has 0 saturated heterocycles. The van der Waals surface area contributed by atoms with Crippen molar-refractivity contribution in [2.75, 3.05) is 18.1 Å². The van der Waals surface area contributed by atoms with Crippen molar-refractivity contribution in [2.45, 2.75) is 36.9 Å². The largest absolute Gasteiger partial charge is 0.353 e. The van der Waals surface area contributed by atoms with Crippen LogP contribution in [0.2, 0.25) is 0 Å². The Labute approximate surface area is 199 Å². The van der Waals surface area contributed by atoms with Gasteiger partial charge in [-0.05, 0) is 61.1 Å². The van der Waals surface area contributed by atoms with E-state index in [0.717, 1.165) is 34.7 Å². The van der Waals surface area contributed by atoms with Gasteiger partial charge in [0, 0.05) is 42.1 Å². The summed E-state index contributed by atoms with van der Waals surface area (Å²) in [5.41, 5.74) is 2.85. The maximum atomic E-state index is 13.5. The fraction of sp³-hybridized carbons (Fsp3) is 0.308. The number of nitrogens with one attached hydrogen (secondary N) is 1. The zero-order valence-corrected chi connectivity index (χ0v) is 19.9. The first-order chi connectivity index (χ1) is 16.0. The quantitative estimate of drug-likeness (QED) is 0.457. The fourth-order valence-electron chi connectivity index (χ4n) is 3.76. The highest BCUT2D eigenvalue weighted by atomic mass is 32.2. The lowest BCUT2D eigenvalue weighted by molar-refractivity contribution is -0.133. The Bertz CT molecular complexity index is 1080. The number of amides is 3.